The number of aliphatic hydroxyl groups is 1. The number of nitrogens with one attached hydrogen (secondary N) is 1. The van der Waals surface area contributed by atoms with Gasteiger partial charge in [0.2, 0.25) is 0 Å². The van der Waals surface area contributed by atoms with E-state index in [1.165, 1.54) is 17.1 Å². The highest BCUT2D eigenvalue weighted by Gasteiger charge is 2.62. The van der Waals surface area contributed by atoms with E-state index in [2.05, 4.69) is 15.4 Å². The summed E-state index contributed by atoms with van der Waals surface area (Å²) in [4.78, 5) is 16.8. The van der Waals surface area contributed by atoms with Crippen LogP contribution in [0.5, 0.6) is 0 Å². The first kappa shape index (κ1) is 15.3. The maximum Gasteiger partial charge on any atom is 0.420 e. The van der Waals surface area contributed by atoms with E-state index in [1.807, 2.05) is 0 Å². The highest BCUT2D eigenvalue weighted by Crippen LogP contribution is 2.37. The van der Waals surface area contributed by atoms with E-state index in [0.717, 1.165) is 4.90 Å². The van der Waals surface area contributed by atoms with Crippen molar-refractivity contribution in [3.05, 3.63) is 36.8 Å². The molecule has 10 heteroatoms. The van der Waals surface area contributed by atoms with E-state index >= 15 is 0 Å². The second-order valence-electron chi connectivity index (χ2n) is 5.18. The van der Waals surface area contributed by atoms with Crippen LogP contribution in [0.1, 0.15) is 0 Å². The van der Waals surface area contributed by atoms with Crippen LogP contribution in [0.25, 0.3) is 5.82 Å². The molecular formula is C13H12F3N5O2. The second-order valence-corrected chi connectivity index (χ2v) is 5.18. The SMILES string of the molecule is O=C(Nc1cnn(-c2ccccn2)c1)N1CC(O)(C(F)(F)F)C1. The van der Waals surface area contributed by atoms with Crippen molar-refractivity contribution in [3.8, 4) is 5.82 Å². The van der Waals surface area contributed by atoms with Crippen LogP contribution in [-0.2, 0) is 0 Å². The van der Waals surface area contributed by atoms with Gasteiger partial charge in [0.1, 0.15) is 0 Å². The Balaban J connectivity index is 1.61. The molecule has 0 unspecified atom stereocenters. The van der Waals surface area contributed by atoms with Crippen LogP contribution >= 0.6 is 0 Å². The zero-order chi connectivity index (χ0) is 16.7. The first-order valence-electron chi connectivity index (χ1n) is 6.60. The quantitative estimate of drug-likeness (QED) is 0.873. The van der Waals surface area contributed by atoms with Gasteiger partial charge in [-0.25, -0.2) is 14.5 Å². The molecule has 3 heterocycles. The zero-order valence-corrected chi connectivity index (χ0v) is 11.7. The lowest BCUT2D eigenvalue weighted by molar-refractivity contribution is -0.293. The van der Waals surface area contributed by atoms with E-state index in [-0.39, 0.29) is 0 Å². The van der Waals surface area contributed by atoms with Gasteiger partial charge in [-0.2, -0.15) is 18.3 Å². The average Bonchev–Trinajstić information content (AvgIpc) is 2.92. The summed E-state index contributed by atoms with van der Waals surface area (Å²) < 4.78 is 38.9. The Morgan fingerprint density at radius 1 is 1.35 bits per heavy atom. The molecule has 122 valence electrons. The number of carbonyl (C=O) groups is 1. The van der Waals surface area contributed by atoms with Crippen molar-refractivity contribution in [1.29, 1.82) is 0 Å². The first-order valence-corrected chi connectivity index (χ1v) is 6.60. The van der Waals surface area contributed by atoms with E-state index in [0.29, 0.717) is 11.5 Å². The number of amides is 2. The van der Waals surface area contributed by atoms with Crippen LogP contribution in [0.2, 0.25) is 0 Å². The molecule has 0 bridgehead atoms. The minimum atomic E-state index is -4.76. The Morgan fingerprint density at radius 3 is 2.70 bits per heavy atom. The molecule has 2 amide bonds. The smallest absolute Gasteiger partial charge is 0.378 e. The van der Waals surface area contributed by atoms with Crippen LogP contribution < -0.4 is 5.32 Å². The molecule has 1 aliphatic rings. The molecule has 0 saturated carbocycles. The number of anilines is 1. The number of likely N-dealkylation sites (tertiary alicyclic amines) is 1. The highest BCUT2D eigenvalue weighted by atomic mass is 19.4. The molecule has 7 nitrogen and oxygen atoms in total. The van der Waals surface area contributed by atoms with Gasteiger partial charge in [-0.3, -0.25) is 0 Å². The van der Waals surface area contributed by atoms with Crippen LogP contribution in [-0.4, -0.2) is 55.7 Å². The van der Waals surface area contributed by atoms with Crippen LogP contribution in [0.3, 0.4) is 0 Å². The molecular weight excluding hydrogens is 315 g/mol. The molecule has 3 rings (SSSR count). The van der Waals surface area contributed by atoms with E-state index < -0.39 is 30.9 Å². The Morgan fingerprint density at radius 2 is 2.09 bits per heavy atom. The lowest BCUT2D eigenvalue weighted by Crippen LogP contribution is -2.70. The van der Waals surface area contributed by atoms with E-state index in [9.17, 15) is 23.1 Å². The van der Waals surface area contributed by atoms with Crippen molar-refractivity contribution in [2.75, 3.05) is 18.4 Å². The molecule has 2 aromatic heterocycles. The van der Waals surface area contributed by atoms with Crippen LogP contribution in [0, 0.1) is 0 Å². The van der Waals surface area contributed by atoms with Crippen molar-refractivity contribution >= 4 is 11.7 Å². The maximum atomic E-state index is 12.5. The fourth-order valence-electron chi connectivity index (χ4n) is 2.11. The topological polar surface area (TPSA) is 83.3 Å². The summed E-state index contributed by atoms with van der Waals surface area (Å²) >= 11 is 0. The molecule has 0 spiro atoms. The van der Waals surface area contributed by atoms with Crippen molar-refractivity contribution in [2.24, 2.45) is 0 Å². The normalized spacial score (nSPS) is 16.8. The summed E-state index contributed by atoms with van der Waals surface area (Å²) in [5.41, 5.74) is -2.52. The van der Waals surface area contributed by atoms with Gasteiger partial charge in [0, 0.05) is 6.20 Å². The molecule has 1 aliphatic heterocycles. The van der Waals surface area contributed by atoms with Crippen molar-refractivity contribution in [1.82, 2.24) is 19.7 Å². The number of urea groups is 1. The van der Waals surface area contributed by atoms with Gasteiger partial charge in [-0.05, 0) is 12.1 Å². The average molecular weight is 327 g/mol. The van der Waals surface area contributed by atoms with Gasteiger partial charge in [-0.1, -0.05) is 6.07 Å². The minimum Gasteiger partial charge on any atom is -0.378 e. The molecule has 23 heavy (non-hydrogen) atoms. The number of β-amino-alcohol motifs (C(OH)–C–C–N with tert-alkyl or cyclic N) is 1. The summed E-state index contributed by atoms with van der Waals surface area (Å²) in [5, 5.41) is 15.7. The van der Waals surface area contributed by atoms with Gasteiger partial charge in [0.25, 0.3) is 0 Å². The molecule has 1 fully saturated rings. The predicted molar refractivity (Wildman–Crippen MR) is 73.0 cm³/mol. The van der Waals surface area contributed by atoms with Crippen LogP contribution in [0.4, 0.5) is 23.7 Å². The standard InChI is InChI=1S/C13H12F3N5O2/c14-13(15,16)12(23)7-20(8-12)11(22)19-9-5-18-21(6-9)10-3-1-2-4-17-10/h1-6,23H,7-8H2,(H,19,22). The number of hydrogen-bond donors (Lipinski definition) is 2. The molecule has 0 atom stereocenters. The minimum absolute atomic E-state index is 0.308. The van der Waals surface area contributed by atoms with Gasteiger partial charge in [0.15, 0.2) is 11.4 Å². The molecule has 0 radical (unpaired) electrons. The van der Waals surface area contributed by atoms with Gasteiger partial charge >= 0.3 is 12.2 Å². The number of aromatic nitrogens is 3. The fraction of sp³-hybridized carbons (Fsp3) is 0.308. The fourth-order valence-corrected chi connectivity index (χ4v) is 2.11. The van der Waals surface area contributed by atoms with Gasteiger partial charge in [-0.15, -0.1) is 0 Å². The number of halogens is 3. The number of pyridine rings is 1. The predicted octanol–water partition coefficient (Wildman–Crippen LogP) is 1.41. The van der Waals surface area contributed by atoms with E-state index in [1.54, 1.807) is 24.4 Å². The van der Waals surface area contributed by atoms with Gasteiger partial charge < -0.3 is 15.3 Å². The number of carbonyl (C=O) groups excluding carboxylic acids is 1. The van der Waals surface area contributed by atoms with Crippen LogP contribution in [0.15, 0.2) is 36.8 Å². The largest absolute Gasteiger partial charge is 0.420 e. The molecule has 1 saturated heterocycles. The summed E-state index contributed by atoms with van der Waals surface area (Å²) in [5.74, 6) is 0.531. The summed E-state index contributed by atoms with van der Waals surface area (Å²) in [7, 11) is 0. The van der Waals surface area contributed by atoms with E-state index in [4.69, 9.17) is 0 Å². The highest BCUT2D eigenvalue weighted by molar-refractivity contribution is 5.89. The third kappa shape index (κ3) is 2.84. The third-order valence-corrected chi connectivity index (χ3v) is 3.44. The van der Waals surface area contributed by atoms with Crippen molar-refractivity contribution in [2.45, 2.75) is 11.8 Å². The Bertz CT molecular complexity index is 710. The molecule has 0 aromatic carbocycles. The van der Waals surface area contributed by atoms with Crippen molar-refractivity contribution in [3.63, 3.8) is 0 Å². The number of hydrogen-bond acceptors (Lipinski definition) is 4. The second kappa shape index (κ2) is 5.23. The summed E-state index contributed by atoms with van der Waals surface area (Å²) in [6.07, 6.45) is -0.348. The zero-order valence-electron chi connectivity index (χ0n) is 11.7. The first-order chi connectivity index (χ1) is 10.8. The molecule has 2 N–H and O–H groups in total. The Kier molecular flexibility index (Phi) is 3.48. The summed E-state index contributed by atoms with van der Waals surface area (Å²) in [6.45, 7) is -1.59. The lowest BCUT2D eigenvalue weighted by Gasteiger charge is -2.46. The lowest BCUT2D eigenvalue weighted by atomic mass is 9.94. The Hall–Kier alpha value is -2.62. The third-order valence-electron chi connectivity index (χ3n) is 3.44. The number of rotatable bonds is 2. The van der Waals surface area contributed by atoms with Gasteiger partial charge in [0.05, 0.1) is 31.2 Å². The maximum absolute atomic E-state index is 12.5. The monoisotopic (exact) mass is 327 g/mol. The number of alkyl halides is 3. The summed E-state index contributed by atoms with van der Waals surface area (Å²) in [6, 6.07) is 4.47. The molecule has 2 aromatic rings. The molecule has 0 aliphatic carbocycles. The number of nitrogens with zero attached hydrogens (tertiary/aromatic N) is 4. The Labute approximate surface area is 128 Å². The van der Waals surface area contributed by atoms with Crippen molar-refractivity contribution < 1.29 is 23.1 Å².